The van der Waals surface area contributed by atoms with Gasteiger partial charge >= 0.3 is 0 Å². The molecule has 1 atom stereocenters. The Labute approximate surface area is 131 Å². The molecule has 0 unspecified atom stereocenters. The van der Waals surface area contributed by atoms with E-state index in [4.69, 9.17) is 0 Å². The lowest BCUT2D eigenvalue weighted by Crippen LogP contribution is -2.42. The molecule has 1 aromatic carbocycles. The topological polar surface area (TPSA) is 66.5 Å². The van der Waals surface area contributed by atoms with Crippen LogP contribution in [0.1, 0.15) is 32.3 Å². The smallest absolute Gasteiger partial charge is 0.235 e. The second kappa shape index (κ2) is 8.24. The molecule has 1 aromatic rings. The van der Waals surface area contributed by atoms with Crippen molar-refractivity contribution in [2.75, 3.05) is 12.8 Å². The monoisotopic (exact) mass is 330 g/mol. The largest absolute Gasteiger partial charge is 0.353 e. The highest BCUT2D eigenvalue weighted by molar-refractivity contribution is 7.88. The van der Waals surface area contributed by atoms with Crippen molar-refractivity contribution < 1.29 is 17.6 Å². The number of sulfonamides is 1. The van der Waals surface area contributed by atoms with E-state index in [9.17, 15) is 17.6 Å². The van der Waals surface area contributed by atoms with Crippen molar-refractivity contribution in [2.24, 2.45) is 0 Å². The maximum absolute atomic E-state index is 13.7. The average Bonchev–Trinajstić information content (AvgIpc) is 2.39. The van der Waals surface area contributed by atoms with E-state index in [-0.39, 0.29) is 30.6 Å². The Morgan fingerprint density at radius 1 is 1.36 bits per heavy atom. The fourth-order valence-corrected chi connectivity index (χ4v) is 2.82. The van der Waals surface area contributed by atoms with E-state index in [0.717, 1.165) is 23.4 Å². The summed E-state index contributed by atoms with van der Waals surface area (Å²) < 4.78 is 38.3. The quantitative estimate of drug-likeness (QED) is 0.791. The van der Waals surface area contributed by atoms with Crippen molar-refractivity contribution in [3.05, 3.63) is 35.6 Å². The number of hydrogen-bond acceptors (Lipinski definition) is 3. The third kappa shape index (κ3) is 6.11. The van der Waals surface area contributed by atoms with E-state index in [2.05, 4.69) is 5.32 Å². The number of nitrogens with zero attached hydrogens (tertiary/aromatic N) is 1. The SMILES string of the molecule is CCC[C@H](C)NC(=O)CN(Cc1ccccc1F)S(C)(=O)=O. The first-order chi connectivity index (χ1) is 10.2. The highest BCUT2D eigenvalue weighted by Gasteiger charge is 2.22. The van der Waals surface area contributed by atoms with Gasteiger partial charge in [-0.1, -0.05) is 31.5 Å². The number of nitrogens with one attached hydrogen (secondary N) is 1. The van der Waals surface area contributed by atoms with Crippen molar-refractivity contribution in [1.82, 2.24) is 9.62 Å². The van der Waals surface area contributed by atoms with Crippen molar-refractivity contribution >= 4 is 15.9 Å². The van der Waals surface area contributed by atoms with Gasteiger partial charge in [0.05, 0.1) is 12.8 Å². The van der Waals surface area contributed by atoms with Crippen molar-refractivity contribution in [1.29, 1.82) is 0 Å². The van der Waals surface area contributed by atoms with Crippen molar-refractivity contribution in [3.8, 4) is 0 Å². The van der Waals surface area contributed by atoms with Crippen molar-refractivity contribution in [2.45, 2.75) is 39.3 Å². The van der Waals surface area contributed by atoms with Gasteiger partial charge in [0, 0.05) is 18.2 Å². The summed E-state index contributed by atoms with van der Waals surface area (Å²) in [6, 6.07) is 5.90. The van der Waals surface area contributed by atoms with Crippen LogP contribution in [-0.4, -0.2) is 37.5 Å². The first kappa shape index (κ1) is 18.6. The van der Waals surface area contributed by atoms with Gasteiger partial charge in [-0.15, -0.1) is 0 Å². The van der Waals surface area contributed by atoms with Crippen LogP contribution < -0.4 is 5.32 Å². The summed E-state index contributed by atoms with van der Waals surface area (Å²) in [6.07, 6.45) is 2.75. The predicted molar refractivity (Wildman–Crippen MR) is 84.2 cm³/mol. The molecule has 0 fully saturated rings. The van der Waals surface area contributed by atoms with Crippen LogP contribution in [0.5, 0.6) is 0 Å². The molecule has 0 spiro atoms. The van der Waals surface area contributed by atoms with Gasteiger partial charge in [0.15, 0.2) is 0 Å². The van der Waals surface area contributed by atoms with Crippen LogP contribution in [-0.2, 0) is 21.4 Å². The van der Waals surface area contributed by atoms with Gasteiger partial charge < -0.3 is 5.32 Å². The van der Waals surface area contributed by atoms with Gasteiger partial charge in [-0.3, -0.25) is 4.79 Å². The highest BCUT2D eigenvalue weighted by atomic mass is 32.2. The maximum Gasteiger partial charge on any atom is 0.235 e. The van der Waals surface area contributed by atoms with E-state index < -0.39 is 15.8 Å². The second-order valence-corrected chi connectivity index (χ2v) is 7.36. The van der Waals surface area contributed by atoms with Crippen LogP contribution in [0.2, 0.25) is 0 Å². The summed E-state index contributed by atoms with van der Waals surface area (Å²) in [5.74, 6) is -0.876. The van der Waals surface area contributed by atoms with Gasteiger partial charge in [-0.25, -0.2) is 12.8 Å². The molecular weight excluding hydrogens is 307 g/mol. The van der Waals surface area contributed by atoms with Gasteiger partial charge in [-0.2, -0.15) is 4.31 Å². The molecule has 1 rings (SSSR count). The molecule has 0 saturated heterocycles. The van der Waals surface area contributed by atoms with Crippen LogP contribution >= 0.6 is 0 Å². The molecule has 0 aliphatic heterocycles. The fourth-order valence-electron chi connectivity index (χ4n) is 2.09. The molecule has 22 heavy (non-hydrogen) atoms. The molecule has 1 N–H and O–H groups in total. The number of halogens is 1. The Bertz CT molecular complexity index is 605. The molecule has 0 heterocycles. The van der Waals surface area contributed by atoms with E-state index in [1.54, 1.807) is 6.07 Å². The maximum atomic E-state index is 13.7. The standard InChI is InChI=1S/C15H23FN2O3S/c1-4-7-12(2)17-15(19)11-18(22(3,20)21)10-13-8-5-6-9-14(13)16/h5-6,8-9,12H,4,7,10-11H2,1-3H3,(H,17,19)/t12-/m0/s1. The predicted octanol–water partition coefficient (Wildman–Crippen LogP) is 1.89. The number of rotatable bonds is 8. The first-order valence-corrected chi connectivity index (χ1v) is 9.06. The van der Waals surface area contributed by atoms with Gasteiger partial charge in [0.25, 0.3) is 0 Å². The minimum Gasteiger partial charge on any atom is -0.353 e. The van der Waals surface area contributed by atoms with Crippen LogP contribution in [0.3, 0.4) is 0 Å². The number of benzene rings is 1. The molecule has 5 nitrogen and oxygen atoms in total. The van der Waals surface area contributed by atoms with Gasteiger partial charge in [-0.05, 0) is 19.4 Å². The average molecular weight is 330 g/mol. The molecule has 0 aliphatic carbocycles. The van der Waals surface area contributed by atoms with E-state index in [1.165, 1.54) is 18.2 Å². The summed E-state index contributed by atoms with van der Waals surface area (Å²) in [6.45, 7) is 3.38. The molecule has 0 saturated carbocycles. The summed E-state index contributed by atoms with van der Waals surface area (Å²) >= 11 is 0. The molecule has 0 bridgehead atoms. The van der Waals surface area contributed by atoms with Crippen LogP contribution in [0.4, 0.5) is 4.39 Å². The third-order valence-electron chi connectivity index (χ3n) is 3.22. The Hall–Kier alpha value is -1.47. The molecule has 124 valence electrons. The number of carbonyl (C=O) groups excluding carboxylic acids is 1. The Kier molecular flexibility index (Phi) is 6.96. The molecular formula is C15H23FN2O3S. The molecule has 1 amide bonds. The van der Waals surface area contributed by atoms with Gasteiger partial charge in [0.2, 0.25) is 15.9 Å². The number of amides is 1. The first-order valence-electron chi connectivity index (χ1n) is 7.22. The summed E-state index contributed by atoms with van der Waals surface area (Å²) in [5, 5.41) is 2.74. The minimum atomic E-state index is -3.62. The summed E-state index contributed by atoms with van der Waals surface area (Å²) in [7, 11) is -3.62. The van der Waals surface area contributed by atoms with E-state index in [0.29, 0.717) is 0 Å². The zero-order valence-corrected chi connectivity index (χ0v) is 14.0. The minimum absolute atomic E-state index is 0.0210. The van der Waals surface area contributed by atoms with E-state index >= 15 is 0 Å². The molecule has 0 radical (unpaired) electrons. The Balaban J connectivity index is 2.79. The normalized spacial score (nSPS) is 13.1. The number of hydrogen-bond donors (Lipinski definition) is 1. The highest BCUT2D eigenvalue weighted by Crippen LogP contribution is 2.12. The number of carbonyl (C=O) groups is 1. The Morgan fingerprint density at radius 3 is 2.55 bits per heavy atom. The zero-order chi connectivity index (χ0) is 16.8. The lowest BCUT2D eigenvalue weighted by molar-refractivity contribution is -0.122. The third-order valence-corrected chi connectivity index (χ3v) is 4.42. The lowest BCUT2D eigenvalue weighted by Gasteiger charge is -2.21. The van der Waals surface area contributed by atoms with Gasteiger partial charge in [0.1, 0.15) is 5.82 Å². The van der Waals surface area contributed by atoms with Crippen LogP contribution in [0, 0.1) is 5.82 Å². The van der Waals surface area contributed by atoms with Crippen LogP contribution in [0.25, 0.3) is 0 Å². The van der Waals surface area contributed by atoms with E-state index in [1.807, 2.05) is 13.8 Å². The molecule has 0 aliphatic rings. The zero-order valence-electron chi connectivity index (χ0n) is 13.2. The summed E-state index contributed by atoms with van der Waals surface area (Å²) in [5.41, 5.74) is 0.238. The summed E-state index contributed by atoms with van der Waals surface area (Å²) in [4.78, 5) is 11.9. The van der Waals surface area contributed by atoms with Crippen molar-refractivity contribution in [3.63, 3.8) is 0 Å². The second-order valence-electron chi connectivity index (χ2n) is 5.38. The molecule has 7 heteroatoms. The van der Waals surface area contributed by atoms with Crippen LogP contribution in [0.15, 0.2) is 24.3 Å². The Morgan fingerprint density at radius 2 is 2.00 bits per heavy atom. The fraction of sp³-hybridized carbons (Fsp3) is 0.533. The molecule has 0 aromatic heterocycles. The lowest BCUT2D eigenvalue weighted by atomic mass is 10.2.